The Morgan fingerprint density at radius 1 is 0.786 bits per heavy atom. The van der Waals surface area contributed by atoms with Gasteiger partial charge in [0, 0.05) is 0 Å². The van der Waals surface area contributed by atoms with Crippen LogP contribution in [-0.2, 0) is 0 Å². The van der Waals surface area contributed by atoms with E-state index in [1.165, 1.54) is 76.7 Å². The van der Waals surface area contributed by atoms with E-state index >= 15 is 0 Å². The van der Waals surface area contributed by atoms with Gasteiger partial charge in [0.25, 0.3) is 0 Å². The van der Waals surface area contributed by atoms with Gasteiger partial charge < -0.3 is 0 Å². The van der Waals surface area contributed by atoms with Crippen molar-refractivity contribution in [2.24, 2.45) is 0 Å². The second-order valence-electron chi connectivity index (χ2n) is 5.06. The lowest BCUT2D eigenvalue weighted by atomic mass is 9.39. The first kappa shape index (κ1) is 12.1. The van der Waals surface area contributed by atoms with Crippen LogP contribution in [-0.4, -0.2) is 6.71 Å². The van der Waals surface area contributed by atoms with Gasteiger partial charge in [-0.05, 0) is 0 Å². The van der Waals surface area contributed by atoms with Crippen LogP contribution in [0.15, 0.2) is 0 Å². The fraction of sp³-hybridized carbons (Fsp3) is 1.00. The minimum atomic E-state index is 1.11. The van der Waals surface area contributed by atoms with E-state index in [9.17, 15) is 0 Å². The number of hydrogen-bond donors (Lipinski definition) is 0. The molecule has 1 rings (SSSR count). The fourth-order valence-corrected chi connectivity index (χ4v) is 2.69. The van der Waals surface area contributed by atoms with Gasteiger partial charge in [-0.25, -0.2) is 0 Å². The fourth-order valence-electron chi connectivity index (χ4n) is 2.69. The molecule has 0 aromatic carbocycles. The van der Waals surface area contributed by atoms with E-state index in [0.717, 1.165) is 6.71 Å². The summed E-state index contributed by atoms with van der Waals surface area (Å²) < 4.78 is 0. The van der Waals surface area contributed by atoms with Crippen molar-refractivity contribution in [3.05, 3.63) is 0 Å². The third kappa shape index (κ3) is 5.72. The van der Waals surface area contributed by atoms with Crippen molar-refractivity contribution in [2.75, 3.05) is 0 Å². The molecule has 0 unspecified atom stereocenters. The van der Waals surface area contributed by atoms with Gasteiger partial charge in [0.2, 0.25) is 0 Å². The Balaban J connectivity index is 1.82. The Hall–Kier alpha value is 0.0649. The van der Waals surface area contributed by atoms with Gasteiger partial charge in [-0.2, -0.15) is 0 Å². The van der Waals surface area contributed by atoms with E-state index in [4.69, 9.17) is 0 Å². The second kappa shape index (κ2) is 8.38. The molecule has 1 saturated heterocycles. The van der Waals surface area contributed by atoms with Crippen molar-refractivity contribution in [1.82, 2.24) is 0 Å². The van der Waals surface area contributed by atoms with Gasteiger partial charge in [-0.3, -0.25) is 0 Å². The smallest absolute Gasteiger partial charge is 0.0741 e. The molecule has 0 aromatic heterocycles. The number of hydrogen-bond acceptors (Lipinski definition) is 0. The Bertz CT molecular complexity index is 116. The molecule has 0 spiro atoms. The van der Waals surface area contributed by atoms with E-state index in [1.807, 2.05) is 0 Å². The van der Waals surface area contributed by atoms with Crippen molar-refractivity contribution < 1.29 is 0 Å². The molecule has 0 amide bonds. The van der Waals surface area contributed by atoms with E-state index in [1.54, 1.807) is 0 Å². The molecule has 82 valence electrons. The van der Waals surface area contributed by atoms with Crippen LogP contribution in [0.4, 0.5) is 0 Å². The summed E-state index contributed by atoms with van der Waals surface area (Å²) in [6.45, 7) is 3.40. The second-order valence-corrected chi connectivity index (χ2v) is 5.06. The maximum Gasteiger partial charge on any atom is 0.139 e. The van der Waals surface area contributed by atoms with Crippen LogP contribution in [0.5, 0.6) is 0 Å². The minimum absolute atomic E-state index is 1.11. The molecule has 1 heterocycles. The van der Waals surface area contributed by atoms with E-state index < -0.39 is 0 Å². The van der Waals surface area contributed by atoms with Crippen LogP contribution in [0.3, 0.4) is 0 Å². The van der Waals surface area contributed by atoms with E-state index in [-0.39, 0.29) is 0 Å². The van der Waals surface area contributed by atoms with Crippen molar-refractivity contribution >= 4 is 6.71 Å². The lowest BCUT2D eigenvalue weighted by molar-refractivity contribution is 0.620. The first-order valence-electron chi connectivity index (χ1n) is 6.93. The molecule has 1 aliphatic heterocycles. The molecule has 0 nitrogen and oxygen atoms in total. The van der Waals surface area contributed by atoms with Crippen LogP contribution < -0.4 is 0 Å². The highest BCUT2D eigenvalue weighted by atomic mass is 14.0. The molecule has 1 fully saturated rings. The van der Waals surface area contributed by atoms with Crippen LogP contribution in [0.2, 0.25) is 19.0 Å². The van der Waals surface area contributed by atoms with Crippen LogP contribution >= 0.6 is 0 Å². The first-order valence-corrected chi connectivity index (χ1v) is 6.93. The standard InChI is InChI=1S/C13H27B/c1-2-3-4-5-6-8-11-14-12-9-7-10-13-14/h2-13H2,1H3. The topological polar surface area (TPSA) is 0 Å². The van der Waals surface area contributed by atoms with E-state index in [2.05, 4.69) is 6.92 Å². The third-order valence-corrected chi connectivity index (χ3v) is 3.69. The third-order valence-electron chi connectivity index (χ3n) is 3.69. The Morgan fingerprint density at radius 2 is 1.43 bits per heavy atom. The molecule has 0 bridgehead atoms. The van der Waals surface area contributed by atoms with Gasteiger partial charge in [0.05, 0.1) is 0 Å². The summed E-state index contributed by atoms with van der Waals surface area (Å²) >= 11 is 0. The summed E-state index contributed by atoms with van der Waals surface area (Å²) in [5.74, 6) is 0. The summed E-state index contributed by atoms with van der Waals surface area (Å²) in [6.07, 6.45) is 17.9. The van der Waals surface area contributed by atoms with Crippen molar-refractivity contribution in [2.45, 2.75) is 83.7 Å². The van der Waals surface area contributed by atoms with Crippen LogP contribution in [0, 0.1) is 0 Å². The van der Waals surface area contributed by atoms with Crippen LogP contribution in [0.25, 0.3) is 0 Å². The molecule has 0 saturated carbocycles. The average molecular weight is 194 g/mol. The monoisotopic (exact) mass is 194 g/mol. The molecule has 1 heteroatoms. The zero-order valence-corrected chi connectivity index (χ0v) is 10.1. The molecule has 0 aromatic rings. The first-order chi connectivity index (χ1) is 6.93. The largest absolute Gasteiger partial charge is 0.139 e. The van der Waals surface area contributed by atoms with Gasteiger partial charge >= 0.3 is 0 Å². The molecule has 0 aliphatic carbocycles. The van der Waals surface area contributed by atoms with Gasteiger partial charge in [-0.15, -0.1) is 0 Å². The molecule has 0 N–H and O–H groups in total. The van der Waals surface area contributed by atoms with E-state index in [0.29, 0.717) is 0 Å². The molecule has 0 atom stereocenters. The van der Waals surface area contributed by atoms with Crippen molar-refractivity contribution in [1.29, 1.82) is 0 Å². The highest BCUT2D eigenvalue weighted by molar-refractivity contribution is 6.58. The normalized spacial score (nSPS) is 17.4. The molecule has 1 aliphatic rings. The lowest BCUT2D eigenvalue weighted by Gasteiger charge is -2.18. The molecule has 14 heavy (non-hydrogen) atoms. The Labute approximate surface area is 90.9 Å². The van der Waals surface area contributed by atoms with Gasteiger partial charge in [-0.1, -0.05) is 83.7 Å². The van der Waals surface area contributed by atoms with Gasteiger partial charge in [0.15, 0.2) is 0 Å². The SMILES string of the molecule is CCCCCCCCB1CCCCC1. The lowest BCUT2D eigenvalue weighted by Crippen LogP contribution is -2.15. The predicted octanol–water partition coefficient (Wildman–Crippen LogP) is 5.03. The zero-order valence-electron chi connectivity index (χ0n) is 10.1. The number of rotatable bonds is 7. The van der Waals surface area contributed by atoms with Crippen LogP contribution in [0.1, 0.15) is 64.7 Å². The quantitative estimate of drug-likeness (QED) is 0.394. The Kier molecular flexibility index (Phi) is 7.26. The molecular formula is C13H27B. The average Bonchev–Trinajstić information content (AvgIpc) is 2.25. The van der Waals surface area contributed by atoms with Gasteiger partial charge in [0.1, 0.15) is 6.71 Å². The zero-order chi connectivity index (χ0) is 10.1. The maximum atomic E-state index is 2.29. The molecular weight excluding hydrogens is 167 g/mol. The number of unbranched alkanes of at least 4 members (excludes halogenated alkanes) is 5. The summed E-state index contributed by atoms with van der Waals surface area (Å²) in [6, 6.07) is 0. The maximum absolute atomic E-state index is 2.29. The summed E-state index contributed by atoms with van der Waals surface area (Å²) in [5.41, 5.74) is 0. The summed E-state index contributed by atoms with van der Waals surface area (Å²) in [4.78, 5) is 0. The van der Waals surface area contributed by atoms with Crippen molar-refractivity contribution in [3.8, 4) is 0 Å². The Morgan fingerprint density at radius 3 is 2.14 bits per heavy atom. The highest BCUT2D eigenvalue weighted by Crippen LogP contribution is 2.23. The summed E-state index contributed by atoms with van der Waals surface area (Å²) in [7, 11) is 0. The minimum Gasteiger partial charge on any atom is -0.0741 e. The predicted molar refractivity (Wildman–Crippen MR) is 67.4 cm³/mol. The summed E-state index contributed by atoms with van der Waals surface area (Å²) in [5, 5.41) is 0. The highest BCUT2D eigenvalue weighted by Gasteiger charge is 2.15. The van der Waals surface area contributed by atoms with Crippen molar-refractivity contribution in [3.63, 3.8) is 0 Å². The molecule has 0 radical (unpaired) electrons.